The van der Waals surface area contributed by atoms with Crippen LogP contribution in [0.4, 0.5) is 0 Å². The number of fused-ring (bicyclic) bond motifs is 5. The third-order valence-corrected chi connectivity index (χ3v) is 10.4. The van der Waals surface area contributed by atoms with Crippen molar-refractivity contribution in [1.29, 1.82) is 0 Å². The van der Waals surface area contributed by atoms with Gasteiger partial charge >= 0.3 is 0 Å². The summed E-state index contributed by atoms with van der Waals surface area (Å²) in [5.41, 5.74) is 1.74. The quantitative estimate of drug-likeness (QED) is 0.519. The highest BCUT2D eigenvalue weighted by molar-refractivity contribution is 5.09. The van der Waals surface area contributed by atoms with Crippen LogP contribution in [-0.2, 0) is 4.74 Å². The first kappa shape index (κ1) is 19.3. The Morgan fingerprint density at radius 1 is 0.808 bits per heavy atom. The minimum atomic E-state index is 0.441. The van der Waals surface area contributed by atoms with E-state index in [0.29, 0.717) is 16.2 Å². The molecule has 150 valence electrons. The summed E-state index contributed by atoms with van der Waals surface area (Å²) >= 11 is 0. The van der Waals surface area contributed by atoms with Gasteiger partial charge in [0.25, 0.3) is 0 Å². The highest BCUT2D eigenvalue weighted by Crippen LogP contribution is 2.68. The second kappa shape index (κ2) is 6.78. The van der Waals surface area contributed by atoms with E-state index in [-0.39, 0.29) is 0 Å². The van der Waals surface area contributed by atoms with E-state index in [2.05, 4.69) is 34.6 Å². The van der Waals surface area contributed by atoms with Crippen LogP contribution in [0.5, 0.6) is 0 Å². The molecule has 0 amide bonds. The Labute approximate surface area is 163 Å². The minimum Gasteiger partial charge on any atom is -0.381 e. The van der Waals surface area contributed by atoms with Gasteiger partial charge in [-0.1, -0.05) is 34.1 Å². The molecular weight excluding hydrogens is 316 g/mol. The lowest BCUT2D eigenvalue weighted by molar-refractivity contribution is -0.136. The number of ether oxygens (including phenoxy) is 1. The van der Waals surface area contributed by atoms with Crippen LogP contribution in [0.1, 0.15) is 98.8 Å². The molecule has 8 unspecified atom stereocenters. The Morgan fingerprint density at radius 2 is 1.58 bits per heavy atom. The molecule has 8 atom stereocenters. The van der Waals surface area contributed by atoms with Crippen molar-refractivity contribution in [1.82, 2.24) is 0 Å². The first-order valence-corrected chi connectivity index (χ1v) is 11.9. The highest BCUT2D eigenvalue weighted by atomic mass is 16.5. The SMILES string of the molecule is CCOCC1(C)CCC2(C)C(CCC3C4CCC(CC)C4(C)CCC32)C1. The second-order valence-electron chi connectivity index (χ2n) is 11.5. The summed E-state index contributed by atoms with van der Waals surface area (Å²) in [6.45, 7) is 14.4. The van der Waals surface area contributed by atoms with Crippen LogP contribution in [0.15, 0.2) is 0 Å². The van der Waals surface area contributed by atoms with E-state index >= 15 is 0 Å². The van der Waals surface area contributed by atoms with E-state index in [4.69, 9.17) is 4.74 Å². The summed E-state index contributed by atoms with van der Waals surface area (Å²) < 4.78 is 5.89. The zero-order chi connectivity index (χ0) is 18.6. The van der Waals surface area contributed by atoms with Crippen LogP contribution in [0.25, 0.3) is 0 Å². The molecule has 0 N–H and O–H groups in total. The van der Waals surface area contributed by atoms with Crippen LogP contribution in [0, 0.1) is 45.8 Å². The molecule has 0 aliphatic heterocycles. The molecule has 0 heterocycles. The lowest BCUT2D eigenvalue weighted by Gasteiger charge is -2.62. The maximum atomic E-state index is 5.89. The maximum Gasteiger partial charge on any atom is 0.0519 e. The number of hydrogen-bond acceptors (Lipinski definition) is 1. The Hall–Kier alpha value is -0.0400. The van der Waals surface area contributed by atoms with Crippen LogP contribution in [0.3, 0.4) is 0 Å². The average Bonchev–Trinajstić information content (AvgIpc) is 2.97. The summed E-state index contributed by atoms with van der Waals surface area (Å²) in [5.74, 6) is 5.07. The second-order valence-corrected chi connectivity index (χ2v) is 11.5. The normalized spacial score (nSPS) is 53.7. The van der Waals surface area contributed by atoms with Gasteiger partial charge in [-0.25, -0.2) is 0 Å². The van der Waals surface area contributed by atoms with Crippen LogP contribution < -0.4 is 0 Å². The van der Waals surface area contributed by atoms with Gasteiger partial charge in [0.15, 0.2) is 0 Å². The van der Waals surface area contributed by atoms with Gasteiger partial charge in [0, 0.05) is 6.61 Å². The summed E-state index contributed by atoms with van der Waals surface area (Å²) in [5, 5.41) is 0. The third-order valence-electron chi connectivity index (χ3n) is 10.4. The lowest BCUT2D eigenvalue weighted by atomic mass is 9.43. The number of hydrogen-bond donors (Lipinski definition) is 0. The predicted octanol–water partition coefficient (Wildman–Crippen LogP) is 7.10. The van der Waals surface area contributed by atoms with Gasteiger partial charge < -0.3 is 4.74 Å². The molecule has 0 radical (unpaired) electrons. The van der Waals surface area contributed by atoms with E-state index in [1.165, 1.54) is 57.8 Å². The van der Waals surface area contributed by atoms with Gasteiger partial charge in [-0.15, -0.1) is 0 Å². The zero-order valence-corrected chi connectivity index (χ0v) is 18.3. The molecule has 4 aliphatic carbocycles. The topological polar surface area (TPSA) is 9.23 Å². The smallest absolute Gasteiger partial charge is 0.0519 e. The fourth-order valence-corrected chi connectivity index (χ4v) is 8.79. The molecule has 4 rings (SSSR count). The Morgan fingerprint density at radius 3 is 2.31 bits per heavy atom. The molecule has 0 aromatic rings. The largest absolute Gasteiger partial charge is 0.381 e. The fourth-order valence-electron chi connectivity index (χ4n) is 8.79. The molecule has 4 aliphatic rings. The number of rotatable bonds is 4. The minimum absolute atomic E-state index is 0.441. The highest BCUT2D eigenvalue weighted by Gasteiger charge is 2.60. The first-order valence-electron chi connectivity index (χ1n) is 11.9. The molecular formula is C25H44O. The Kier molecular flexibility index (Phi) is 5.03. The van der Waals surface area contributed by atoms with Crippen molar-refractivity contribution in [3.8, 4) is 0 Å². The summed E-state index contributed by atoms with van der Waals surface area (Å²) in [6, 6.07) is 0. The van der Waals surface area contributed by atoms with E-state index in [0.717, 1.165) is 42.8 Å². The molecule has 1 nitrogen and oxygen atoms in total. The van der Waals surface area contributed by atoms with Crippen molar-refractivity contribution in [2.75, 3.05) is 13.2 Å². The summed E-state index contributed by atoms with van der Waals surface area (Å²) in [4.78, 5) is 0. The standard InChI is InChI=1S/C25H44O/c1-6-18-9-11-21-20-10-8-19-16-23(3,17-26-7-2)14-15-25(19,5)22(20)12-13-24(18,21)4/h18-22H,6-17H2,1-5H3. The van der Waals surface area contributed by atoms with Crippen molar-refractivity contribution in [2.24, 2.45) is 45.8 Å². The monoisotopic (exact) mass is 360 g/mol. The van der Waals surface area contributed by atoms with Crippen LogP contribution >= 0.6 is 0 Å². The first-order chi connectivity index (χ1) is 12.4. The third kappa shape index (κ3) is 2.82. The van der Waals surface area contributed by atoms with Crippen molar-refractivity contribution in [2.45, 2.75) is 98.8 Å². The van der Waals surface area contributed by atoms with Crippen LogP contribution in [-0.4, -0.2) is 13.2 Å². The van der Waals surface area contributed by atoms with Gasteiger partial charge in [0.1, 0.15) is 0 Å². The molecule has 0 saturated heterocycles. The van der Waals surface area contributed by atoms with E-state index in [1.807, 2.05) is 0 Å². The Bertz CT molecular complexity index is 514. The van der Waals surface area contributed by atoms with Gasteiger partial charge in [-0.2, -0.15) is 0 Å². The van der Waals surface area contributed by atoms with E-state index < -0.39 is 0 Å². The van der Waals surface area contributed by atoms with Gasteiger partial charge in [0.05, 0.1) is 6.61 Å². The van der Waals surface area contributed by atoms with Gasteiger partial charge in [-0.05, 0) is 111 Å². The van der Waals surface area contributed by atoms with E-state index in [1.54, 1.807) is 6.42 Å². The van der Waals surface area contributed by atoms with Crippen molar-refractivity contribution in [3.63, 3.8) is 0 Å². The maximum absolute atomic E-state index is 5.89. The van der Waals surface area contributed by atoms with Gasteiger partial charge in [0.2, 0.25) is 0 Å². The molecule has 1 heteroatoms. The molecule has 0 bridgehead atoms. The lowest BCUT2D eigenvalue weighted by Crippen LogP contribution is -2.54. The molecule has 4 saturated carbocycles. The predicted molar refractivity (Wildman–Crippen MR) is 110 cm³/mol. The van der Waals surface area contributed by atoms with Gasteiger partial charge in [-0.3, -0.25) is 0 Å². The average molecular weight is 361 g/mol. The molecule has 26 heavy (non-hydrogen) atoms. The molecule has 0 aromatic carbocycles. The Balaban J connectivity index is 1.52. The molecule has 4 fully saturated rings. The molecule has 0 aromatic heterocycles. The van der Waals surface area contributed by atoms with Crippen LogP contribution in [0.2, 0.25) is 0 Å². The van der Waals surface area contributed by atoms with Crippen molar-refractivity contribution < 1.29 is 4.74 Å². The van der Waals surface area contributed by atoms with Crippen molar-refractivity contribution in [3.05, 3.63) is 0 Å². The summed E-state index contributed by atoms with van der Waals surface area (Å²) in [6.07, 6.45) is 14.8. The fraction of sp³-hybridized carbons (Fsp3) is 1.00. The zero-order valence-electron chi connectivity index (χ0n) is 18.3. The van der Waals surface area contributed by atoms with Crippen molar-refractivity contribution >= 4 is 0 Å². The summed E-state index contributed by atoms with van der Waals surface area (Å²) in [7, 11) is 0. The molecule has 0 spiro atoms. The van der Waals surface area contributed by atoms with E-state index in [9.17, 15) is 0 Å².